The minimum atomic E-state index is -0.577. The van der Waals surface area contributed by atoms with Gasteiger partial charge in [0.15, 0.2) is 5.75 Å². The number of benzene rings is 1. The van der Waals surface area contributed by atoms with Gasteiger partial charge in [-0.15, -0.1) is 0 Å². The molecule has 2 N–H and O–H groups in total. The molecule has 0 fully saturated rings. The van der Waals surface area contributed by atoms with Crippen molar-refractivity contribution >= 4 is 0 Å². The van der Waals surface area contributed by atoms with E-state index in [1.54, 1.807) is 12.1 Å². The second kappa shape index (κ2) is 3.33. The van der Waals surface area contributed by atoms with Crippen LogP contribution in [0.25, 0.3) is 11.1 Å². The standard InChI is InChI=1S/C10H8N2O2/c13-9-8(6-11-12-10(9)14)7-4-2-1-3-5-7/h1-6H,(H,11,13)(H,12,14). The highest BCUT2D eigenvalue weighted by Gasteiger charge is 2.06. The van der Waals surface area contributed by atoms with Crippen molar-refractivity contribution in [3.8, 4) is 16.9 Å². The van der Waals surface area contributed by atoms with E-state index < -0.39 is 5.56 Å². The Labute approximate surface area is 79.9 Å². The Morgan fingerprint density at radius 1 is 1.21 bits per heavy atom. The van der Waals surface area contributed by atoms with Crippen LogP contribution in [0.2, 0.25) is 0 Å². The van der Waals surface area contributed by atoms with Crippen LogP contribution in [0.5, 0.6) is 5.75 Å². The van der Waals surface area contributed by atoms with Crippen LogP contribution in [-0.2, 0) is 0 Å². The molecule has 1 aromatic heterocycles. The summed E-state index contributed by atoms with van der Waals surface area (Å²) in [4.78, 5) is 11.0. The van der Waals surface area contributed by atoms with E-state index in [0.717, 1.165) is 5.56 Å². The van der Waals surface area contributed by atoms with Crippen LogP contribution in [0, 0.1) is 0 Å². The van der Waals surface area contributed by atoms with Crippen molar-refractivity contribution in [2.45, 2.75) is 0 Å². The van der Waals surface area contributed by atoms with Crippen molar-refractivity contribution in [3.63, 3.8) is 0 Å². The molecular formula is C10H8N2O2. The summed E-state index contributed by atoms with van der Waals surface area (Å²) in [5.41, 5.74) is 0.629. The van der Waals surface area contributed by atoms with E-state index in [1.165, 1.54) is 6.20 Å². The first-order valence-electron chi connectivity index (χ1n) is 4.11. The molecule has 0 radical (unpaired) electrons. The van der Waals surface area contributed by atoms with Gasteiger partial charge >= 0.3 is 5.56 Å². The van der Waals surface area contributed by atoms with E-state index in [4.69, 9.17) is 0 Å². The van der Waals surface area contributed by atoms with Gasteiger partial charge in [0.05, 0.1) is 6.20 Å². The molecule has 0 unspecified atom stereocenters. The van der Waals surface area contributed by atoms with E-state index in [2.05, 4.69) is 10.2 Å². The molecule has 0 aliphatic carbocycles. The molecule has 2 rings (SSSR count). The lowest BCUT2D eigenvalue weighted by Crippen LogP contribution is -2.07. The van der Waals surface area contributed by atoms with Gasteiger partial charge < -0.3 is 5.11 Å². The average molecular weight is 188 g/mol. The number of aromatic amines is 1. The van der Waals surface area contributed by atoms with Crippen LogP contribution in [0.1, 0.15) is 0 Å². The Kier molecular flexibility index (Phi) is 2.02. The van der Waals surface area contributed by atoms with Gasteiger partial charge in [-0.3, -0.25) is 4.79 Å². The zero-order valence-corrected chi connectivity index (χ0v) is 7.27. The molecule has 4 heteroatoms. The molecule has 1 aromatic carbocycles. The summed E-state index contributed by atoms with van der Waals surface area (Å²) in [6.45, 7) is 0. The Morgan fingerprint density at radius 2 is 1.93 bits per heavy atom. The number of hydrogen-bond donors (Lipinski definition) is 2. The highest BCUT2D eigenvalue weighted by atomic mass is 16.3. The summed E-state index contributed by atoms with van der Waals surface area (Å²) in [5, 5.41) is 15.2. The van der Waals surface area contributed by atoms with Crippen molar-refractivity contribution in [2.75, 3.05) is 0 Å². The SMILES string of the molecule is O=c1[nH]ncc(-c2ccccc2)c1O. The second-order valence-corrected chi connectivity index (χ2v) is 2.83. The summed E-state index contributed by atoms with van der Waals surface area (Å²) < 4.78 is 0. The smallest absolute Gasteiger partial charge is 0.306 e. The average Bonchev–Trinajstić information content (AvgIpc) is 2.23. The molecule has 0 amide bonds. The minimum absolute atomic E-state index is 0.300. The monoisotopic (exact) mass is 188 g/mol. The fourth-order valence-corrected chi connectivity index (χ4v) is 1.22. The molecule has 0 aliphatic rings. The normalized spacial score (nSPS) is 10.0. The van der Waals surface area contributed by atoms with E-state index in [0.29, 0.717) is 5.56 Å². The van der Waals surface area contributed by atoms with Gasteiger partial charge in [-0.25, -0.2) is 5.10 Å². The predicted molar refractivity (Wildman–Crippen MR) is 52.0 cm³/mol. The Balaban J connectivity index is 2.64. The third kappa shape index (κ3) is 1.37. The third-order valence-corrected chi connectivity index (χ3v) is 1.91. The predicted octanol–water partition coefficient (Wildman–Crippen LogP) is 1.14. The number of H-pyrrole nitrogens is 1. The third-order valence-electron chi connectivity index (χ3n) is 1.91. The van der Waals surface area contributed by atoms with Crippen molar-refractivity contribution in [3.05, 3.63) is 46.9 Å². The first-order chi connectivity index (χ1) is 6.79. The molecular weight excluding hydrogens is 180 g/mol. The van der Waals surface area contributed by atoms with Gasteiger partial charge in [-0.2, -0.15) is 5.10 Å². The quantitative estimate of drug-likeness (QED) is 0.705. The van der Waals surface area contributed by atoms with Gasteiger partial charge in [0.2, 0.25) is 0 Å². The summed E-state index contributed by atoms with van der Waals surface area (Å²) >= 11 is 0. The molecule has 1 heterocycles. The van der Waals surface area contributed by atoms with Crippen molar-refractivity contribution in [1.82, 2.24) is 10.2 Å². The van der Waals surface area contributed by atoms with E-state index >= 15 is 0 Å². The van der Waals surface area contributed by atoms with Gasteiger partial charge in [-0.05, 0) is 5.56 Å². The number of nitrogens with zero attached hydrogens (tertiary/aromatic N) is 1. The first kappa shape index (κ1) is 8.50. The van der Waals surface area contributed by atoms with E-state index in [9.17, 15) is 9.90 Å². The van der Waals surface area contributed by atoms with Gasteiger partial charge in [0, 0.05) is 5.56 Å². The Morgan fingerprint density at radius 3 is 2.64 bits per heavy atom. The molecule has 0 aliphatic heterocycles. The zero-order chi connectivity index (χ0) is 9.97. The van der Waals surface area contributed by atoms with Crippen LogP contribution < -0.4 is 5.56 Å². The molecule has 0 saturated heterocycles. The summed E-state index contributed by atoms with van der Waals surface area (Å²) in [7, 11) is 0. The molecule has 2 aromatic rings. The van der Waals surface area contributed by atoms with Crippen molar-refractivity contribution in [1.29, 1.82) is 0 Å². The van der Waals surface area contributed by atoms with Gasteiger partial charge in [0.1, 0.15) is 0 Å². The van der Waals surface area contributed by atoms with Gasteiger partial charge in [0.25, 0.3) is 0 Å². The van der Waals surface area contributed by atoms with E-state index in [1.807, 2.05) is 18.2 Å². The fraction of sp³-hybridized carbons (Fsp3) is 0. The highest BCUT2D eigenvalue weighted by molar-refractivity contribution is 5.67. The van der Waals surface area contributed by atoms with Crippen LogP contribution in [0.3, 0.4) is 0 Å². The maximum Gasteiger partial charge on any atom is 0.306 e. The Bertz CT molecular complexity index is 491. The van der Waals surface area contributed by atoms with Crippen molar-refractivity contribution < 1.29 is 5.11 Å². The van der Waals surface area contributed by atoms with Crippen LogP contribution >= 0.6 is 0 Å². The number of nitrogens with one attached hydrogen (secondary N) is 1. The first-order valence-corrected chi connectivity index (χ1v) is 4.11. The van der Waals surface area contributed by atoms with E-state index in [-0.39, 0.29) is 5.75 Å². The summed E-state index contributed by atoms with van der Waals surface area (Å²) in [5.74, 6) is -0.300. The largest absolute Gasteiger partial charge is 0.503 e. The number of aromatic hydroxyl groups is 1. The lowest BCUT2D eigenvalue weighted by atomic mass is 10.1. The fourth-order valence-electron chi connectivity index (χ4n) is 1.22. The van der Waals surface area contributed by atoms with Crippen LogP contribution in [0.15, 0.2) is 41.3 Å². The maximum atomic E-state index is 11.0. The number of aromatic nitrogens is 2. The lowest BCUT2D eigenvalue weighted by molar-refractivity contribution is 0.466. The van der Waals surface area contributed by atoms with Gasteiger partial charge in [-0.1, -0.05) is 30.3 Å². The summed E-state index contributed by atoms with van der Waals surface area (Å²) in [6.07, 6.45) is 1.42. The molecule has 70 valence electrons. The Hall–Kier alpha value is -2.10. The number of hydrogen-bond acceptors (Lipinski definition) is 3. The van der Waals surface area contributed by atoms with Crippen LogP contribution in [0.4, 0.5) is 0 Å². The highest BCUT2D eigenvalue weighted by Crippen LogP contribution is 2.23. The van der Waals surface area contributed by atoms with Crippen molar-refractivity contribution in [2.24, 2.45) is 0 Å². The molecule has 0 spiro atoms. The number of rotatable bonds is 1. The minimum Gasteiger partial charge on any atom is -0.503 e. The lowest BCUT2D eigenvalue weighted by Gasteiger charge is -2.01. The molecule has 0 saturated carbocycles. The molecule has 0 atom stereocenters. The molecule has 0 bridgehead atoms. The molecule has 14 heavy (non-hydrogen) atoms. The summed E-state index contributed by atoms with van der Waals surface area (Å²) in [6, 6.07) is 9.12. The maximum absolute atomic E-state index is 11.0. The topological polar surface area (TPSA) is 66.0 Å². The van der Waals surface area contributed by atoms with Crippen LogP contribution in [-0.4, -0.2) is 15.3 Å². The molecule has 4 nitrogen and oxygen atoms in total. The zero-order valence-electron chi connectivity index (χ0n) is 7.27. The second-order valence-electron chi connectivity index (χ2n) is 2.83.